The molecule has 0 bridgehead atoms. The molecule has 2 N–H and O–H groups in total. The Morgan fingerprint density at radius 2 is 2.00 bits per heavy atom. The molecule has 134 valence electrons. The van der Waals surface area contributed by atoms with Crippen LogP contribution in [0.25, 0.3) is 0 Å². The number of carbonyl (C=O) groups excluding carboxylic acids is 2. The first kappa shape index (κ1) is 16.6. The van der Waals surface area contributed by atoms with Gasteiger partial charge in [-0.1, -0.05) is 24.3 Å². The number of hydrogen-bond acceptors (Lipinski definition) is 3. The van der Waals surface area contributed by atoms with Crippen molar-refractivity contribution in [3.8, 4) is 0 Å². The van der Waals surface area contributed by atoms with E-state index in [2.05, 4.69) is 39.8 Å². The van der Waals surface area contributed by atoms with Crippen LogP contribution in [0.3, 0.4) is 0 Å². The lowest BCUT2D eigenvalue weighted by molar-refractivity contribution is -0.129. The van der Waals surface area contributed by atoms with Gasteiger partial charge < -0.3 is 10.6 Å². The summed E-state index contributed by atoms with van der Waals surface area (Å²) in [5, 5.41) is 5.87. The van der Waals surface area contributed by atoms with E-state index in [0.717, 1.165) is 38.6 Å². The first-order chi connectivity index (χ1) is 12.2. The fraction of sp³-hybridized carbons (Fsp3) is 0.600. The third-order valence-electron chi connectivity index (χ3n) is 5.71. The van der Waals surface area contributed by atoms with Crippen LogP contribution in [-0.4, -0.2) is 41.9 Å². The summed E-state index contributed by atoms with van der Waals surface area (Å²) in [5.74, 6) is -0.0478. The predicted octanol–water partition coefficient (Wildman–Crippen LogP) is 1.92. The van der Waals surface area contributed by atoms with Crippen LogP contribution < -0.4 is 10.6 Å². The molecule has 3 aliphatic rings. The summed E-state index contributed by atoms with van der Waals surface area (Å²) in [6.07, 6.45) is 7.25. The van der Waals surface area contributed by atoms with E-state index in [1.807, 2.05) is 0 Å². The Bertz CT molecular complexity index is 656. The number of nitrogens with one attached hydrogen (secondary N) is 2. The molecular formula is C20H27N3O2. The molecule has 4 rings (SSSR count). The average Bonchev–Trinajstić information content (AvgIpc) is 3.39. The highest BCUT2D eigenvalue weighted by Crippen LogP contribution is 2.41. The number of hydrogen-bond donors (Lipinski definition) is 2. The maximum atomic E-state index is 12.6. The highest BCUT2D eigenvalue weighted by Gasteiger charge is 2.38. The molecule has 2 amide bonds. The molecule has 1 saturated carbocycles. The third-order valence-corrected chi connectivity index (χ3v) is 5.71. The van der Waals surface area contributed by atoms with Crippen molar-refractivity contribution in [1.82, 2.24) is 15.5 Å². The van der Waals surface area contributed by atoms with Gasteiger partial charge in [0, 0.05) is 18.6 Å². The van der Waals surface area contributed by atoms with E-state index in [4.69, 9.17) is 0 Å². The fourth-order valence-electron chi connectivity index (χ4n) is 4.26. The summed E-state index contributed by atoms with van der Waals surface area (Å²) >= 11 is 0. The van der Waals surface area contributed by atoms with Gasteiger partial charge in [-0.2, -0.15) is 0 Å². The molecule has 0 radical (unpaired) electrons. The predicted molar refractivity (Wildman–Crippen MR) is 96.0 cm³/mol. The van der Waals surface area contributed by atoms with Gasteiger partial charge in [0.25, 0.3) is 0 Å². The molecule has 0 aromatic heterocycles. The van der Waals surface area contributed by atoms with E-state index in [1.165, 1.54) is 24.0 Å². The molecular weight excluding hydrogens is 314 g/mol. The number of nitrogens with zero attached hydrogens (tertiary/aromatic N) is 1. The molecule has 2 fully saturated rings. The van der Waals surface area contributed by atoms with Crippen molar-refractivity contribution < 1.29 is 9.59 Å². The van der Waals surface area contributed by atoms with E-state index < -0.39 is 0 Å². The second kappa shape index (κ2) is 7.16. The molecule has 25 heavy (non-hydrogen) atoms. The van der Waals surface area contributed by atoms with Gasteiger partial charge in [0.05, 0.1) is 6.54 Å². The molecule has 0 spiro atoms. The molecule has 5 nitrogen and oxygen atoms in total. The molecule has 5 heteroatoms. The van der Waals surface area contributed by atoms with Crippen molar-refractivity contribution in [2.45, 2.75) is 63.1 Å². The van der Waals surface area contributed by atoms with E-state index in [0.29, 0.717) is 18.6 Å². The van der Waals surface area contributed by atoms with Crippen LogP contribution in [0.1, 0.15) is 55.7 Å². The highest BCUT2D eigenvalue weighted by atomic mass is 16.2. The minimum atomic E-state index is -0.369. The number of benzene rings is 1. The lowest BCUT2D eigenvalue weighted by atomic mass is 10.1. The highest BCUT2D eigenvalue weighted by molar-refractivity contribution is 5.88. The largest absolute Gasteiger partial charge is 0.354 e. The van der Waals surface area contributed by atoms with Gasteiger partial charge in [0.2, 0.25) is 11.8 Å². The summed E-state index contributed by atoms with van der Waals surface area (Å²) in [5.41, 5.74) is 2.80. The average molecular weight is 341 g/mol. The van der Waals surface area contributed by atoms with Crippen LogP contribution >= 0.6 is 0 Å². The van der Waals surface area contributed by atoms with Gasteiger partial charge in [-0.05, 0) is 56.1 Å². The third kappa shape index (κ3) is 3.71. The minimum Gasteiger partial charge on any atom is -0.354 e. The number of rotatable bonds is 5. The Hall–Kier alpha value is -1.88. The first-order valence-electron chi connectivity index (χ1n) is 9.63. The topological polar surface area (TPSA) is 61.4 Å². The summed E-state index contributed by atoms with van der Waals surface area (Å²) in [4.78, 5) is 27.1. The van der Waals surface area contributed by atoms with Crippen molar-refractivity contribution in [3.05, 3.63) is 35.4 Å². The smallest absolute Gasteiger partial charge is 0.242 e. The number of carbonyl (C=O) groups is 2. The Balaban J connectivity index is 1.42. The number of aryl methyl sites for hydroxylation is 1. The maximum absolute atomic E-state index is 12.6. The van der Waals surface area contributed by atoms with Crippen molar-refractivity contribution in [2.24, 2.45) is 0 Å². The fourth-order valence-corrected chi connectivity index (χ4v) is 4.26. The van der Waals surface area contributed by atoms with Crippen LogP contribution in [0.4, 0.5) is 0 Å². The zero-order valence-electron chi connectivity index (χ0n) is 14.7. The zero-order valence-corrected chi connectivity index (χ0v) is 14.7. The molecule has 1 aromatic rings. The summed E-state index contributed by atoms with van der Waals surface area (Å²) in [7, 11) is 0. The van der Waals surface area contributed by atoms with Crippen molar-refractivity contribution in [2.75, 3.05) is 13.1 Å². The van der Waals surface area contributed by atoms with Crippen LogP contribution in [0, 0.1) is 0 Å². The lowest BCUT2D eigenvalue weighted by Gasteiger charge is -2.29. The van der Waals surface area contributed by atoms with Crippen molar-refractivity contribution in [3.63, 3.8) is 0 Å². The molecule has 1 aromatic carbocycles. The lowest BCUT2D eigenvalue weighted by Crippen LogP contribution is -2.49. The summed E-state index contributed by atoms with van der Waals surface area (Å²) in [6, 6.07) is 9.10. The van der Waals surface area contributed by atoms with Crippen LogP contribution in [0.15, 0.2) is 24.3 Å². The normalized spacial score (nSPS) is 26.0. The molecule has 1 saturated heterocycles. The first-order valence-corrected chi connectivity index (χ1v) is 9.63. The monoisotopic (exact) mass is 341 g/mol. The van der Waals surface area contributed by atoms with Gasteiger partial charge in [0.15, 0.2) is 0 Å². The Labute approximate surface area is 149 Å². The van der Waals surface area contributed by atoms with Crippen LogP contribution in [0.5, 0.6) is 0 Å². The second-order valence-corrected chi connectivity index (χ2v) is 7.56. The molecule has 2 unspecified atom stereocenters. The van der Waals surface area contributed by atoms with Crippen LogP contribution in [0.2, 0.25) is 0 Å². The van der Waals surface area contributed by atoms with E-state index in [-0.39, 0.29) is 17.9 Å². The van der Waals surface area contributed by atoms with Crippen LogP contribution in [-0.2, 0) is 16.0 Å². The quantitative estimate of drug-likeness (QED) is 0.860. The Morgan fingerprint density at radius 3 is 2.84 bits per heavy atom. The Kier molecular flexibility index (Phi) is 4.75. The Morgan fingerprint density at radius 1 is 1.16 bits per heavy atom. The molecule has 2 aliphatic carbocycles. The zero-order chi connectivity index (χ0) is 17.2. The molecule has 1 heterocycles. The second-order valence-electron chi connectivity index (χ2n) is 7.56. The van der Waals surface area contributed by atoms with Gasteiger partial charge in [-0.3, -0.25) is 14.5 Å². The van der Waals surface area contributed by atoms with E-state index in [1.54, 1.807) is 0 Å². The van der Waals surface area contributed by atoms with Crippen molar-refractivity contribution in [1.29, 1.82) is 0 Å². The van der Waals surface area contributed by atoms with Gasteiger partial charge >= 0.3 is 0 Å². The van der Waals surface area contributed by atoms with Gasteiger partial charge in [-0.25, -0.2) is 0 Å². The number of fused-ring (bicyclic) bond motifs is 1. The minimum absolute atomic E-state index is 0.0154. The van der Waals surface area contributed by atoms with Gasteiger partial charge in [0.1, 0.15) is 6.04 Å². The van der Waals surface area contributed by atoms with E-state index >= 15 is 0 Å². The molecule has 2 atom stereocenters. The van der Waals surface area contributed by atoms with Crippen molar-refractivity contribution >= 4 is 11.8 Å². The summed E-state index contributed by atoms with van der Waals surface area (Å²) in [6.45, 7) is 1.12. The summed E-state index contributed by atoms with van der Waals surface area (Å²) < 4.78 is 0. The van der Waals surface area contributed by atoms with E-state index in [9.17, 15) is 9.59 Å². The molecule has 1 aliphatic heterocycles. The standard InChI is InChI=1S/C20H27N3O2/c24-19(22-17-7-3-4-12-21-20(17)25)13-23(15-9-10-15)18-11-8-14-5-1-2-6-16(14)18/h1-2,5-6,15,17-18H,3-4,7-13H2,(H,21,25)(H,22,24). The van der Waals surface area contributed by atoms with Gasteiger partial charge in [-0.15, -0.1) is 0 Å². The SMILES string of the molecule is O=C(CN(C1CC1)C1CCc2ccccc21)NC1CCCCNC1=O. The number of amides is 2. The maximum Gasteiger partial charge on any atom is 0.242 e.